The van der Waals surface area contributed by atoms with Crippen LogP contribution in [0.4, 0.5) is 5.82 Å². The Morgan fingerprint density at radius 2 is 1.82 bits per heavy atom. The molecule has 2 N–H and O–H groups in total. The summed E-state index contributed by atoms with van der Waals surface area (Å²) in [6, 6.07) is 12.1. The first-order valence-electron chi connectivity index (χ1n) is 11.6. The molecule has 0 saturated carbocycles. The monoisotopic (exact) mass is 458 g/mol. The van der Waals surface area contributed by atoms with E-state index in [1.54, 1.807) is 10.9 Å². The summed E-state index contributed by atoms with van der Waals surface area (Å²) in [5, 5.41) is 16.6. The van der Waals surface area contributed by atoms with Crippen LogP contribution in [0.3, 0.4) is 0 Å². The number of rotatable bonds is 5. The first kappa shape index (κ1) is 22.1. The molecule has 1 fully saturated rings. The van der Waals surface area contributed by atoms with E-state index in [9.17, 15) is 4.79 Å². The number of nitrogens with zero attached hydrogens (tertiary/aromatic N) is 6. The van der Waals surface area contributed by atoms with E-state index in [2.05, 4.69) is 32.7 Å². The van der Waals surface area contributed by atoms with Crippen molar-refractivity contribution in [1.82, 2.24) is 34.8 Å². The molecule has 4 aromatic rings. The van der Waals surface area contributed by atoms with E-state index in [-0.39, 0.29) is 11.9 Å². The van der Waals surface area contributed by atoms with Gasteiger partial charge < -0.3 is 15.5 Å². The van der Waals surface area contributed by atoms with Gasteiger partial charge in [0.05, 0.1) is 16.8 Å². The van der Waals surface area contributed by atoms with E-state index in [0.29, 0.717) is 11.3 Å². The van der Waals surface area contributed by atoms with E-state index in [4.69, 9.17) is 5.10 Å². The van der Waals surface area contributed by atoms with E-state index < -0.39 is 0 Å². The molecule has 0 spiro atoms. The van der Waals surface area contributed by atoms with Crippen LogP contribution in [-0.2, 0) is 7.05 Å². The fourth-order valence-corrected chi connectivity index (χ4v) is 4.66. The van der Waals surface area contributed by atoms with Gasteiger partial charge in [-0.05, 0) is 58.1 Å². The van der Waals surface area contributed by atoms with Crippen molar-refractivity contribution in [2.45, 2.75) is 25.8 Å². The summed E-state index contributed by atoms with van der Waals surface area (Å²) >= 11 is 0. The van der Waals surface area contributed by atoms with Gasteiger partial charge in [-0.15, -0.1) is 0 Å². The lowest BCUT2D eigenvalue weighted by atomic mass is 10.0. The topological polar surface area (TPSA) is 92.9 Å². The van der Waals surface area contributed by atoms with Crippen molar-refractivity contribution in [3.63, 3.8) is 0 Å². The number of hydrogen-bond acceptors (Lipinski definition) is 6. The fourth-order valence-electron chi connectivity index (χ4n) is 4.66. The zero-order valence-electron chi connectivity index (χ0n) is 20.0. The summed E-state index contributed by atoms with van der Waals surface area (Å²) < 4.78 is 3.56. The molecule has 1 amide bonds. The number of piperidine rings is 1. The molecule has 5 rings (SSSR count). The van der Waals surface area contributed by atoms with Gasteiger partial charge in [0.25, 0.3) is 5.91 Å². The summed E-state index contributed by atoms with van der Waals surface area (Å²) in [5.41, 5.74) is 4.71. The molecular weight excluding hydrogens is 428 g/mol. The van der Waals surface area contributed by atoms with Crippen LogP contribution in [0.15, 0.2) is 42.6 Å². The van der Waals surface area contributed by atoms with Gasteiger partial charge in [0.1, 0.15) is 5.82 Å². The van der Waals surface area contributed by atoms with E-state index in [1.165, 1.54) is 0 Å². The second-order valence-electron chi connectivity index (χ2n) is 8.94. The van der Waals surface area contributed by atoms with Crippen LogP contribution in [-0.4, -0.2) is 68.6 Å². The Bertz CT molecular complexity index is 1330. The molecule has 4 heterocycles. The Labute approximate surface area is 198 Å². The number of anilines is 1. The summed E-state index contributed by atoms with van der Waals surface area (Å²) in [6.07, 6.45) is 3.69. The number of benzene rings is 1. The Balaban J connectivity index is 1.52. The third kappa shape index (κ3) is 3.92. The normalized spacial score (nSPS) is 15.1. The number of likely N-dealkylation sites (tertiary alicyclic amines) is 1. The smallest absolute Gasteiger partial charge is 0.272 e. The first-order valence-corrected chi connectivity index (χ1v) is 11.6. The second kappa shape index (κ2) is 8.90. The zero-order chi connectivity index (χ0) is 23.8. The largest absolute Gasteiger partial charge is 0.373 e. The number of amides is 1. The number of hydrogen-bond donors (Lipinski definition) is 2. The molecule has 1 saturated heterocycles. The number of pyridine rings is 1. The third-order valence-electron chi connectivity index (χ3n) is 6.58. The minimum atomic E-state index is -0.151. The number of para-hydroxylation sites is 1. The highest BCUT2D eigenvalue weighted by molar-refractivity contribution is 6.05. The van der Waals surface area contributed by atoms with Crippen LogP contribution in [0.5, 0.6) is 0 Å². The van der Waals surface area contributed by atoms with Crippen molar-refractivity contribution in [3.8, 4) is 16.9 Å². The van der Waals surface area contributed by atoms with Crippen molar-refractivity contribution in [1.29, 1.82) is 0 Å². The molecule has 0 aliphatic carbocycles. The van der Waals surface area contributed by atoms with Crippen LogP contribution in [0.25, 0.3) is 28.0 Å². The minimum absolute atomic E-state index is 0.151. The summed E-state index contributed by atoms with van der Waals surface area (Å²) in [5.74, 6) is 0.759. The molecule has 3 aromatic heterocycles. The first-order chi connectivity index (χ1) is 16.5. The lowest BCUT2D eigenvalue weighted by Gasteiger charge is -2.29. The van der Waals surface area contributed by atoms with Gasteiger partial charge in [-0.2, -0.15) is 10.2 Å². The van der Waals surface area contributed by atoms with E-state index >= 15 is 0 Å². The number of carbonyl (C=O) groups is 1. The number of aryl methyl sites for hydroxylation is 1. The molecule has 34 heavy (non-hydrogen) atoms. The Morgan fingerprint density at radius 3 is 2.53 bits per heavy atom. The van der Waals surface area contributed by atoms with Gasteiger partial charge in [-0.3, -0.25) is 4.79 Å². The van der Waals surface area contributed by atoms with Gasteiger partial charge >= 0.3 is 0 Å². The van der Waals surface area contributed by atoms with Gasteiger partial charge in [0, 0.05) is 37.5 Å². The molecule has 0 bridgehead atoms. The number of carbonyl (C=O) groups excluding carboxylic acids is 1. The maximum atomic E-state index is 13.2. The molecule has 0 radical (unpaired) electrons. The zero-order valence-corrected chi connectivity index (χ0v) is 20.0. The highest BCUT2D eigenvalue weighted by Gasteiger charge is 2.24. The van der Waals surface area contributed by atoms with Gasteiger partial charge in [-0.25, -0.2) is 14.3 Å². The SMILES string of the molecule is CNc1c(C)c(-c2cnc3c(c2)c(C(=O)NC2CCN(C)CC2)nn3C)nn1-c1ccccc1. The van der Waals surface area contributed by atoms with Crippen molar-refractivity contribution in [2.24, 2.45) is 7.05 Å². The Kier molecular flexibility index (Phi) is 5.79. The molecule has 1 aliphatic heterocycles. The minimum Gasteiger partial charge on any atom is -0.373 e. The molecule has 9 heteroatoms. The summed E-state index contributed by atoms with van der Waals surface area (Å²) in [7, 11) is 5.81. The molecule has 1 aliphatic rings. The van der Waals surface area contributed by atoms with Crippen LogP contribution in [0.1, 0.15) is 28.9 Å². The van der Waals surface area contributed by atoms with Crippen LogP contribution in [0, 0.1) is 6.92 Å². The van der Waals surface area contributed by atoms with Gasteiger partial charge in [-0.1, -0.05) is 18.2 Å². The summed E-state index contributed by atoms with van der Waals surface area (Å²) in [6.45, 7) is 4.00. The van der Waals surface area contributed by atoms with E-state index in [0.717, 1.165) is 59.6 Å². The molecule has 176 valence electrons. The Morgan fingerprint density at radius 1 is 1.09 bits per heavy atom. The molecular formula is C25H30N8O. The van der Waals surface area contributed by atoms with E-state index in [1.807, 2.05) is 62.1 Å². The average Bonchev–Trinajstić information content (AvgIpc) is 3.37. The predicted molar refractivity (Wildman–Crippen MR) is 133 cm³/mol. The average molecular weight is 459 g/mol. The summed E-state index contributed by atoms with van der Waals surface area (Å²) in [4.78, 5) is 20.1. The third-order valence-corrected chi connectivity index (χ3v) is 6.58. The van der Waals surface area contributed by atoms with Crippen LogP contribution < -0.4 is 10.6 Å². The van der Waals surface area contributed by atoms with Gasteiger partial charge in [0.15, 0.2) is 11.3 Å². The fraction of sp³-hybridized carbons (Fsp3) is 0.360. The maximum Gasteiger partial charge on any atom is 0.272 e. The highest BCUT2D eigenvalue weighted by atomic mass is 16.2. The quantitative estimate of drug-likeness (QED) is 0.478. The number of aromatic nitrogens is 5. The van der Waals surface area contributed by atoms with Crippen molar-refractivity contribution < 1.29 is 4.79 Å². The lowest BCUT2D eigenvalue weighted by Crippen LogP contribution is -2.43. The molecule has 9 nitrogen and oxygen atoms in total. The number of fused-ring (bicyclic) bond motifs is 1. The highest BCUT2D eigenvalue weighted by Crippen LogP contribution is 2.31. The van der Waals surface area contributed by atoms with Crippen LogP contribution >= 0.6 is 0 Å². The molecule has 1 aromatic carbocycles. The molecule has 0 unspecified atom stereocenters. The maximum absolute atomic E-state index is 13.2. The Hall–Kier alpha value is -3.72. The second-order valence-corrected chi connectivity index (χ2v) is 8.94. The predicted octanol–water partition coefficient (Wildman–Crippen LogP) is 3.00. The van der Waals surface area contributed by atoms with Gasteiger partial charge in [0.2, 0.25) is 0 Å². The molecule has 0 atom stereocenters. The number of nitrogens with one attached hydrogen (secondary N) is 2. The van der Waals surface area contributed by atoms with Crippen molar-refractivity contribution >= 4 is 22.8 Å². The standard InChI is InChI=1S/C25H30N8O/c1-16-21(30-33(23(16)26-2)19-8-6-5-7-9-19)17-14-20-22(29-32(4)24(20)27-15-17)25(34)28-18-10-12-31(3)13-11-18/h5-9,14-15,18,26H,10-13H2,1-4H3,(H,28,34). The van der Waals surface area contributed by atoms with Crippen molar-refractivity contribution in [3.05, 3.63) is 53.9 Å². The lowest BCUT2D eigenvalue weighted by molar-refractivity contribution is 0.0912. The van der Waals surface area contributed by atoms with Crippen LogP contribution in [0.2, 0.25) is 0 Å². The van der Waals surface area contributed by atoms with Crippen molar-refractivity contribution in [2.75, 3.05) is 32.5 Å².